The van der Waals surface area contributed by atoms with Gasteiger partial charge in [0.2, 0.25) is 5.91 Å². The monoisotopic (exact) mass is 405 g/mol. The molecule has 1 amide bonds. The van der Waals surface area contributed by atoms with Gasteiger partial charge in [-0.05, 0) is 82.2 Å². The topological polar surface area (TPSA) is 36.4 Å². The van der Waals surface area contributed by atoms with Crippen LogP contribution >= 0.6 is 0 Å². The predicted octanol–water partition coefficient (Wildman–Crippen LogP) is 4.65. The van der Waals surface area contributed by atoms with Crippen molar-refractivity contribution in [2.24, 2.45) is 5.41 Å². The first kappa shape index (κ1) is 21.0. The fraction of sp³-hybridized carbons (Fsp3) is 0.538. The van der Waals surface area contributed by atoms with Gasteiger partial charge in [0.25, 0.3) is 0 Å². The maximum atomic E-state index is 12.8. The molecule has 4 heteroatoms. The van der Waals surface area contributed by atoms with Crippen molar-refractivity contribution >= 4 is 5.91 Å². The summed E-state index contributed by atoms with van der Waals surface area (Å²) in [5.41, 5.74) is 2.97. The molecule has 1 aliphatic heterocycles. The molecule has 1 aromatic carbocycles. The lowest BCUT2D eigenvalue weighted by atomic mass is 9.64. The summed E-state index contributed by atoms with van der Waals surface area (Å²) in [5.74, 6) is 0.329. The molecule has 2 aliphatic rings. The maximum absolute atomic E-state index is 12.8. The van der Waals surface area contributed by atoms with Gasteiger partial charge in [0.15, 0.2) is 0 Å². The molecule has 0 bridgehead atoms. The number of amides is 1. The van der Waals surface area contributed by atoms with Gasteiger partial charge < -0.3 is 4.90 Å². The molecular formula is C26H35N3O. The highest BCUT2D eigenvalue weighted by atomic mass is 16.2. The highest BCUT2D eigenvalue weighted by Crippen LogP contribution is 2.51. The third-order valence-electron chi connectivity index (χ3n) is 7.65. The van der Waals surface area contributed by atoms with Gasteiger partial charge >= 0.3 is 0 Å². The minimum atomic E-state index is 0.132. The predicted molar refractivity (Wildman–Crippen MR) is 121 cm³/mol. The Morgan fingerprint density at radius 3 is 2.40 bits per heavy atom. The second-order valence-electron chi connectivity index (χ2n) is 9.53. The maximum Gasteiger partial charge on any atom is 0.222 e. The number of aryl methyl sites for hydroxylation is 1. The number of benzene rings is 1. The lowest BCUT2D eigenvalue weighted by molar-refractivity contribution is -0.130. The number of nitrogens with zero attached hydrogens (tertiary/aromatic N) is 3. The molecule has 1 saturated heterocycles. The molecular weight excluding hydrogens is 370 g/mol. The van der Waals surface area contributed by atoms with Crippen molar-refractivity contribution in [3.8, 4) is 0 Å². The van der Waals surface area contributed by atoms with Crippen LogP contribution in [0.3, 0.4) is 0 Å². The summed E-state index contributed by atoms with van der Waals surface area (Å²) in [6.45, 7) is 1.89. The summed E-state index contributed by atoms with van der Waals surface area (Å²) < 4.78 is 0. The zero-order valence-electron chi connectivity index (χ0n) is 18.5. The van der Waals surface area contributed by atoms with E-state index in [0.717, 1.165) is 38.0 Å². The van der Waals surface area contributed by atoms with Gasteiger partial charge in [-0.3, -0.25) is 14.7 Å². The van der Waals surface area contributed by atoms with E-state index in [-0.39, 0.29) is 5.54 Å². The Bertz CT molecular complexity index is 826. The number of likely N-dealkylation sites (tertiary alicyclic amines) is 1. The fourth-order valence-electron chi connectivity index (χ4n) is 5.62. The van der Waals surface area contributed by atoms with Crippen LogP contribution in [-0.2, 0) is 16.8 Å². The van der Waals surface area contributed by atoms with Gasteiger partial charge in [0, 0.05) is 36.9 Å². The number of carbonyl (C=O) groups excluding carboxylic acids is 1. The highest BCUT2D eigenvalue weighted by molar-refractivity contribution is 5.76. The van der Waals surface area contributed by atoms with Crippen molar-refractivity contribution < 1.29 is 4.79 Å². The van der Waals surface area contributed by atoms with E-state index in [0.29, 0.717) is 17.7 Å². The van der Waals surface area contributed by atoms with Crippen LogP contribution in [0.4, 0.5) is 0 Å². The van der Waals surface area contributed by atoms with E-state index in [2.05, 4.69) is 59.2 Å². The first-order chi connectivity index (χ1) is 14.5. The van der Waals surface area contributed by atoms with E-state index in [1.54, 1.807) is 0 Å². The molecule has 0 unspecified atom stereocenters. The molecule has 30 heavy (non-hydrogen) atoms. The van der Waals surface area contributed by atoms with Crippen LogP contribution in [0.25, 0.3) is 0 Å². The van der Waals surface area contributed by atoms with Gasteiger partial charge in [-0.25, -0.2) is 0 Å². The smallest absolute Gasteiger partial charge is 0.222 e. The molecule has 2 fully saturated rings. The number of carbonyl (C=O) groups is 1. The average molecular weight is 406 g/mol. The zero-order chi connectivity index (χ0) is 21.0. The van der Waals surface area contributed by atoms with Crippen molar-refractivity contribution in [1.29, 1.82) is 0 Å². The molecule has 4 rings (SSSR count). The van der Waals surface area contributed by atoms with Crippen LogP contribution in [0.1, 0.15) is 56.2 Å². The molecule has 0 atom stereocenters. The summed E-state index contributed by atoms with van der Waals surface area (Å²) >= 11 is 0. The van der Waals surface area contributed by atoms with E-state index >= 15 is 0 Å². The van der Waals surface area contributed by atoms with Gasteiger partial charge in [-0.15, -0.1) is 0 Å². The third-order valence-corrected chi connectivity index (χ3v) is 7.65. The van der Waals surface area contributed by atoms with E-state index in [1.165, 1.54) is 31.2 Å². The van der Waals surface area contributed by atoms with Crippen LogP contribution < -0.4 is 0 Å². The molecule has 2 aromatic rings. The molecule has 1 saturated carbocycles. The Balaban J connectivity index is 1.32. The van der Waals surface area contributed by atoms with E-state index < -0.39 is 0 Å². The molecule has 2 heterocycles. The molecule has 4 nitrogen and oxygen atoms in total. The zero-order valence-corrected chi connectivity index (χ0v) is 18.5. The number of rotatable bonds is 6. The normalized spacial score (nSPS) is 26.4. The van der Waals surface area contributed by atoms with Gasteiger partial charge in [0.1, 0.15) is 0 Å². The largest absolute Gasteiger partial charge is 0.342 e. The Labute approximate surface area is 181 Å². The van der Waals surface area contributed by atoms with Crippen molar-refractivity contribution in [3.05, 3.63) is 66.0 Å². The van der Waals surface area contributed by atoms with E-state index in [1.807, 2.05) is 24.4 Å². The van der Waals surface area contributed by atoms with Crippen LogP contribution in [0.2, 0.25) is 0 Å². The number of hydrogen-bond donors (Lipinski definition) is 0. The van der Waals surface area contributed by atoms with Crippen molar-refractivity contribution in [2.75, 3.05) is 27.2 Å². The summed E-state index contributed by atoms with van der Waals surface area (Å²) in [4.78, 5) is 21.7. The average Bonchev–Trinajstić information content (AvgIpc) is 3.19. The Morgan fingerprint density at radius 2 is 1.73 bits per heavy atom. The summed E-state index contributed by atoms with van der Waals surface area (Å²) in [7, 11) is 4.44. The lowest BCUT2D eigenvalue weighted by Crippen LogP contribution is -2.47. The van der Waals surface area contributed by atoms with Crippen molar-refractivity contribution in [3.63, 3.8) is 0 Å². The molecule has 0 N–H and O–H groups in total. The first-order valence-electron chi connectivity index (χ1n) is 11.4. The van der Waals surface area contributed by atoms with Crippen LogP contribution in [-0.4, -0.2) is 47.9 Å². The second kappa shape index (κ2) is 8.89. The highest BCUT2D eigenvalue weighted by Gasteiger charge is 2.48. The first-order valence-corrected chi connectivity index (χ1v) is 11.4. The molecule has 1 aliphatic carbocycles. The minimum absolute atomic E-state index is 0.132. The molecule has 160 valence electrons. The third kappa shape index (κ3) is 4.29. The Morgan fingerprint density at radius 1 is 1.00 bits per heavy atom. The molecule has 1 aromatic heterocycles. The summed E-state index contributed by atoms with van der Waals surface area (Å²) in [5, 5.41) is 0. The quantitative estimate of drug-likeness (QED) is 0.702. The Kier molecular flexibility index (Phi) is 6.24. The second-order valence-corrected chi connectivity index (χ2v) is 9.53. The SMILES string of the molecule is CN(C)C1(c2ccccc2)CCC2(CCN(C(=O)CCCc3ccccn3)C2)CC1. The Hall–Kier alpha value is -2.20. The lowest BCUT2D eigenvalue weighted by Gasteiger charge is -2.49. The van der Waals surface area contributed by atoms with Gasteiger partial charge in [-0.2, -0.15) is 0 Å². The number of hydrogen-bond acceptors (Lipinski definition) is 3. The van der Waals surface area contributed by atoms with Crippen molar-refractivity contribution in [2.45, 2.75) is 56.9 Å². The molecule has 0 radical (unpaired) electrons. The van der Waals surface area contributed by atoms with Gasteiger partial charge in [-0.1, -0.05) is 36.4 Å². The standard InChI is InChI=1S/C26H35N3O/c1-28(2)26(22-9-4-3-5-10-22)16-14-25(15-17-26)18-20-29(21-25)24(30)13-8-12-23-11-6-7-19-27-23/h3-7,9-11,19H,8,12-18,20-21H2,1-2H3. The van der Waals surface area contributed by atoms with Crippen LogP contribution in [0.5, 0.6) is 0 Å². The van der Waals surface area contributed by atoms with Gasteiger partial charge in [0.05, 0.1) is 0 Å². The summed E-state index contributed by atoms with van der Waals surface area (Å²) in [6, 6.07) is 17.0. The van der Waals surface area contributed by atoms with Crippen molar-refractivity contribution in [1.82, 2.24) is 14.8 Å². The number of aromatic nitrogens is 1. The molecule has 1 spiro atoms. The fourth-order valence-corrected chi connectivity index (χ4v) is 5.62. The minimum Gasteiger partial charge on any atom is -0.342 e. The van der Waals surface area contributed by atoms with Crippen LogP contribution in [0.15, 0.2) is 54.7 Å². The van der Waals surface area contributed by atoms with E-state index in [4.69, 9.17) is 0 Å². The van der Waals surface area contributed by atoms with Crippen LogP contribution in [0, 0.1) is 5.41 Å². The number of pyridine rings is 1. The van der Waals surface area contributed by atoms with E-state index in [9.17, 15) is 4.79 Å². The summed E-state index contributed by atoms with van der Waals surface area (Å²) in [6.07, 6.45) is 10.2.